The maximum absolute atomic E-state index is 6.04. The number of aromatic nitrogens is 2. The summed E-state index contributed by atoms with van der Waals surface area (Å²) in [5.74, 6) is 1.23. The van der Waals surface area contributed by atoms with Gasteiger partial charge in [0.05, 0.1) is 18.4 Å². The van der Waals surface area contributed by atoms with E-state index in [-0.39, 0.29) is 0 Å². The molecule has 0 aliphatic carbocycles. The molecule has 5 heteroatoms. The van der Waals surface area contributed by atoms with Gasteiger partial charge in [0, 0.05) is 10.0 Å². The van der Waals surface area contributed by atoms with Gasteiger partial charge >= 0.3 is 0 Å². The predicted molar refractivity (Wildman–Crippen MR) is 88.1 cm³/mol. The minimum atomic E-state index is 0.473. The van der Waals surface area contributed by atoms with Gasteiger partial charge in [-0.15, -0.1) is 0 Å². The molecule has 0 fully saturated rings. The molecule has 0 aliphatic rings. The van der Waals surface area contributed by atoms with E-state index < -0.39 is 0 Å². The second-order valence-corrected chi connectivity index (χ2v) is 5.49. The van der Waals surface area contributed by atoms with E-state index in [0.717, 1.165) is 32.6 Å². The number of nitrogen functional groups attached to an aromatic ring is 1. The summed E-state index contributed by atoms with van der Waals surface area (Å²) in [7, 11) is 1.65. The minimum Gasteiger partial charge on any atom is -0.496 e. The van der Waals surface area contributed by atoms with Crippen LogP contribution in [0.25, 0.3) is 22.4 Å². The van der Waals surface area contributed by atoms with Crippen LogP contribution in [0.5, 0.6) is 5.75 Å². The number of hydrogen-bond acceptors (Lipinski definition) is 3. The Kier molecular flexibility index (Phi) is 3.66. The van der Waals surface area contributed by atoms with Crippen LogP contribution >= 0.6 is 15.9 Å². The fourth-order valence-electron chi connectivity index (χ4n) is 2.32. The molecule has 1 heterocycles. The van der Waals surface area contributed by atoms with Crippen LogP contribution in [0.1, 0.15) is 0 Å². The number of H-pyrrole nitrogens is 1. The summed E-state index contributed by atoms with van der Waals surface area (Å²) in [5.41, 5.74) is 9.71. The quantitative estimate of drug-likeness (QED) is 0.752. The van der Waals surface area contributed by atoms with Crippen molar-refractivity contribution in [3.8, 4) is 28.1 Å². The zero-order valence-corrected chi connectivity index (χ0v) is 13.0. The molecule has 0 spiro atoms. The zero-order chi connectivity index (χ0) is 14.8. The van der Waals surface area contributed by atoms with Gasteiger partial charge in [-0.3, -0.25) is 5.10 Å². The van der Waals surface area contributed by atoms with E-state index in [0.29, 0.717) is 5.82 Å². The molecule has 0 saturated heterocycles. The topological polar surface area (TPSA) is 63.9 Å². The van der Waals surface area contributed by atoms with E-state index in [1.54, 1.807) is 7.11 Å². The molecular weight excluding hydrogens is 330 g/mol. The summed E-state index contributed by atoms with van der Waals surface area (Å²) in [6, 6.07) is 15.8. The van der Waals surface area contributed by atoms with Crippen molar-refractivity contribution >= 4 is 21.7 Å². The summed E-state index contributed by atoms with van der Waals surface area (Å²) in [6.07, 6.45) is 0. The monoisotopic (exact) mass is 343 g/mol. The molecule has 4 nitrogen and oxygen atoms in total. The Morgan fingerprint density at radius 1 is 1.14 bits per heavy atom. The third kappa shape index (κ3) is 2.52. The van der Waals surface area contributed by atoms with Gasteiger partial charge in [-0.1, -0.05) is 46.3 Å². The fourth-order valence-corrected chi connectivity index (χ4v) is 2.66. The number of hydrogen-bond donors (Lipinski definition) is 2. The van der Waals surface area contributed by atoms with Crippen molar-refractivity contribution in [2.75, 3.05) is 12.8 Å². The second kappa shape index (κ2) is 5.61. The number of rotatable bonds is 3. The van der Waals surface area contributed by atoms with Crippen LogP contribution in [0.3, 0.4) is 0 Å². The normalized spacial score (nSPS) is 10.6. The third-order valence-electron chi connectivity index (χ3n) is 3.29. The Labute approximate surface area is 131 Å². The van der Waals surface area contributed by atoms with Crippen molar-refractivity contribution in [3.63, 3.8) is 0 Å². The number of nitrogens with zero attached hydrogens (tertiary/aromatic N) is 1. The molecule has 3 N–H and O–H groups in total. The van der Waals surface area contributed by atoms with E-state index >= 15 is 0 Å². The van der Waals surface area contributed by atoms with Gasteiger partial charge in [-0.05, 0) is 23.8 Å². The van der Waals surface area contributed by atoms with E-state index in [4.69, 9.17) is 10.5 Å². The molecule has 3 aromatic rings. The van der Waals surface area contributed by atoms with Crippen LogP contribution in [0.15, 0.2) is 53.0 Å². The van der Waals surface area contributed by atoms with E-state index in [2.05, 4.69) is 26.1 Å². The van der Waals surface area contributed by atoms with E-state index in [9.17, 15) is 0 Å². The van der Waals surface area contributed by atoms with Crippen LogP contribution in [0.2, 0.25) is 0 Å². The third-order valence-corrected chi connectivity index (χ3v) is 3.78. The van der Waals surface area contributed by atoms with Gasteiger partial charge < -0.3 is 10.5 Å². The summed E-state index contributed by atoms with van der Waals surface area (Å²) >= 11 is 3.45. The summed E-state index contributed by atoms with van der Waals surface area (Å²) < 4.78 is 6.42. The molecule has 0 saturated carbocycles. The highest BCUT2D eigenvalue weighted by atomic mass is 79.9. The standard InChI is InChI=1S/C16H14BrN3O/c1-21-13-9-11(17)7-8-12(13)15-14(16(18)20-19-15)10-5-3-2-4-6-10/h2-9H,1H3,(H3,18,19,20). The lowest BCUT2D eigenvalue weighted by atomic mass is 10.0. The highest BCUT2D eigenvalue weighted by Gasteiger charge is 2.17. The largest absolute Gasteiger partial charge is 0.496 e. The minimum absolute atomic E-state index is 0.473. The van der Waals surface area contributed by atoms with Gasteiger partial charge in [0.25, 0.3) is 0 Å². The van der Waals surface area contributed by atoms with Crippen molar-refractivity contribution in [2.24, 2.45) is 0 Å². The molecule has 0 aliphatic heterocycles. The number of aromatic amines is 1. The lowest BCUT2D eigenvalue weighted by molar-refractivity contribution is 0.416. The maximum Gasteiger partial charge on any atom is 0.153 e. The summed E-state index contributed by atoms with van der Waals surface area (Å²) in [4.78, 5) is 0. The number of methoxy groups -OCH3 is 1. The highest BCUT2D eigenvalue weighted by molar-refractivity contribution is 9.10. The molecule has 2 aromatic carbocycles. The van der Waals surface area contributed by atoms with Crippen molar-refractivity contribution in [2.45, 2.75) is 0 Å². The smallest absolute Gasteiger partial charge is 0.153 e. The van der Waals surface area contributed by atoms with Crippen LogP contribution in [-0.2, 0) is 0 Å². The van der Waals surface area contributed by atoms with Crippen molar-refractivity contribution in [1.29, 1.82) is 0 Å². The van der Waals surface area contributed by atoms with E-state index in [1.807, 2.05) is 48.5 Å². The number of nitrogens with two attached hydrogens (primary N) is 1. The number of ether oxygens (including phenoxy) is 1. The first-order chi connectivity index (χ1) is 10.2. The van der Waals surface area contributed by atoms with Crippen molar-refractivity contribution < 1.29 is 4.74 Å². The van der Waals surface area contributed by atoms with Gasteiger partial charge in [0.15, 0.2) is 5.82 Å². The molecule has 0 radical (unpaired) electrons. The van der Waals surface area contributed by atoms with Crippen molar-refractivity contribution in [1.82, 2.24) is 10.2 Å². The van der Waals surface area contributed by atoms with Crippen LogP contribution in [0, 0.1) is 0 Å². The summed E-state index contributed by atoms with van der Waals surface area (Å²) in [6.45, 7) is 0. The molecule has 3 rings (SSSR count). The Morgan fingerprint density at radius 2 is 1.90 bits per heavy atom. The Balaban J connectivity index is 2.21. The number of anilines is 1. The fraction of sp³-hybridized carbons (Fsp3) is 0.0625. The maximum atomic E-state index is 6.04. The van der Waals surface area contributed by atoms with Gasteiger partial charge in [0.1, 0.15) is 5.75 Å². The molecular formula is C16H14BrN3O. The first-order valence-electron chi connectivity index (χ1n) is 6.44. The van der Waals surface area contributed by atoms with Gasteiger partial charge in [-0.25, -0.2) is 0 Å². The molecule has 0 atom stereocenters. The first-order valence-corrected chi connectivity index (χ1v) is 7.23. The average molecular weight is 344 g/mol. The van der Waals surface area contributed by atoms with E-state index in [1.165, 1.54) is 0 Å². The number of nitrogens with one attached hydrogen (secondary N) is 1. The number of halogens is 1. The average Bonchev–Trinajstić information content (AvgIpc) is 2.89. The van der Waals surface area contributed by atoms with Gasteiger partial charge in [-0.2, -0.15) is 5.10 Å². The molecule has 0 bridgehead atoms. The van der Waals surface area contributed by atoms with Crippen molar-refractivity contribution in [3.05, 3.63) is 53.0 Å². The Morgan fingerprint density at radius 3 is 2.62 bits per heavy atom. The zero-order valence-electron chi connectivity index (χ0n) is 11.4. The van der Waals surface area contributed by atoms with Gasteiger partial charge in [0.2, 0.25) is 0 Å². The molecule has 21 heavy (non-hydrogen) atoms. The lowest BCUT2D eigenvalue weighted by Crippen LogP contribution is -1.91. The first kappa shape index (κ1) is 13.7. The molecule has 1 aromatic heterocycles. The predicted octanol–water partition coefficient (Wildman–Crippen LogP) is 4.10. The second-order valence-electron chi connectivity index (χ2n) is 4.57. The number of benzene rings is 2. The molecule has 0 amide bonds. The Hall–Kier alpha value is -2.27. The SMILES string of the molecule is COc1cc(Br)ccc1-c1[nH]nc(N)c1-c1ccccc1. The highest BCUT2D eigenvalue weighted by Crippen LogP contribution is 2.39. The molecule has 0 unspecified atom stereocenters. The lowest BCUT2D eigenvalue weighted by Gasteiger charge is -2.10. The molecule has 106 valence electrons. The van der Waals surface area contributed by atoms with Crippen LogP contribution in [-0.4, -0.2) is 17.3 Å². The summed E-state index contributed by atoms with van der Waals surface area (Å²) in [5, 5.41) is 7.17. The van der Waals surface area contributed by atoms with Crippen LogP contribution < -0.4 is 10.5 Å². The van der Waals surface area contributed by atoms with Crippen LogP contribution in [0.4, 0.5) is 5.82 Å². The Bertz CT molecular complexity index is 768.